The molecule has 0 bridgehead atoms. The van der Waals surface area contributed by atoms with E-state index in [1.54, 1.807) is 0 Å². The van der Waals surface area contributed by atoms with E-state index in [4.69, 9.17) is 11.5 Å². The molecule has 0 spiro atoms. The lowest BCUT2D eigenvalue weighted by atomic mass is 10.0. The Hall–Kier alpha value is -0.710. The predicted octanol–water partition coefficient (Wildman–Crippen LogP) is 2.52. The van der Waals surface area contributed by atoms with E-state index < -0.39 is 11.6 Å². The second kappa shape index (κ2) is 7.54. The maximum atomic E-state index is 12.9. The van der Waals surface area contributed by atoms with Crippen LogP contribution in [0.4, 0.5) is 8.78 Å². The van der Waals surface area contributed by atoms with Gasteiger partial charge in [0.1, 0.15) is 11.6 Å². The van der Waals surface area contributed by atoms with Gasteiger partial charge in [-0.2, -0.15) is 0 Å². The quantitative estimate of drug-likeness (QED) is 0.789. The number of nitrogens with two attached hydrogens (primary N) is 2. The van der Waals surface area contributed by atoms with Gasteiger partial charge in [0, 0.05) is 12.1 Å². The van der Waals surface area contributed by atoms with Gasteiger partial charge in [0.2, 0.25) is 0 Å². The van der Waals surface area contributed by atoms with E-state index in [0.717, 1.165) is 18.9 Å². The SMILES string of the molecule is Cl.NCCCC[C@@H](N)c1cc(F)cc(F)c1. The van der Waals surface area contributed by atoms with Crippen molar-refractivity contribution in [1.29, 1.82) is 0 Å². The first kappa shape index (κ1) is 15.3. The minimum Gasteiger partial charge on any atom is -0.330 e. The first-order valence-corrected chi connectivity index (χ1v) is 5.05. The minimum absolute atomic E-state index is 0. The summed E-state index contributed by atoms with van der Waals surface area (Å²) >= 11 is 0. The van der Waals surface area contributed by atoms with Crippen molar-refractivity contribution in [2.45, 2.75) is 25.3 Å². The van der Waals surface area contributed by atoms with Gasteiger partial charge in [0.15, 0.2) is 0 Å². The van der Waals surface area contributed by atoms with Crippen LogP contribution in [-0.4, -0.2) is 6.54 Å². The standard InChI is InChI=1S/C11H16F2N2.ClH/c12-9-5-8(6-10(13)7-9)11(15)3-1-2-4-14;/h5-7,11H,1-4,14-15H2;1H/t11-;/m1./s1. The highest BCUT2D eigenvalue weighted by atomic mass is 35.5. The molecule has 16 heavy (non-hydrogen) atoms. The molecule has 0 aliphatic carbocycles. The summed E-state index contributed by atoms with van der Waals surface area (Å²) in [5.41, 5.74) is 11.6. The maximum Gasteiger partial charge on any atom is 0.126 e. The molecule has 0 aromatic heterocycles. The lowest BCUT2D eigenvalue weighted by Gasteiger charge is -2.11. The average molecular weight is 251 g/mol. The van der Waals surface area contributed by atoms with E-state index in [2.05, 4.69) is 0 Å². The van der Waals surface area contributed by atoms with Crippen LogP contribution in [0.25, 0.3) is 0 Å². The van der Waals surface area contributed by atoms with Gasteiger partial charge in [-0.3, -0.25) is 0 Å². The van der Waals surface area contributed by atoms with Crippen molar-refractivity contribution in [3.8, 4) is 0 Å². The van der Waals surface area contributed by atoms with E-state index >= 15 is 0 Å². The molecular weight excluding hydrogens is 234 g/mol. The molecule has 1 atom stereocenters. The Bertz CT molecular complexity index is 301. The minimum atomic E-state index is -0.584. The molecule has 0 unspecified atom stereocenters. The summed E-state index contributed by atoms with van der Waals surface area (Å²) in [6, 6.07) is 3.07. The van der Waals surface area contributed by atoms with E-state index in [9.17, 15) is 8.78 Å². The highest BCUT2D eigenvalue weighted by Gasteiger charge is 2.08. The number of hydrogen-bond donors (Lipinski definition) is 2. The van der Waals surface area contributed by atoms with Gasteiger partial charge in [-0.1, -0.05) is 6.42 Å². The molecule has 0 fully saturated rings. The van der Waals surface area contributed by atoms with Crippen LogP contribution in [0.2, 0.25) is 0 Å². The molecule has 2 nitrogen and oxygen atoms in total. The normalized spacial score (nSPS) is 12.0. The molecule has 1 aromatic rings. The Balaban J connectivity index is 0.00000225. The second-order valence-electron chi connectivity index (χ2n) is 3.59. The molecule has 1 aromatic carbocycles. The number of hydrogen-bond acceptors (Lipinski definition) is 2. The zero-order valence-electron chi connectivity index (χ0n) is 8.96. The van der Waals surface area contributed by atoms with Crippen LogP contribution in [0.3, 0.4) is 0 Å². The maximum absolute atomic E-state index is 12.9. The molecule has 1 rings (SSSR count). The van der Waals surface area contributed by atoms with Crippen LogP contribution in [0, 0.1) is 11.6 Å². The molecule has 0 aliphatic heterocycles. The second-order valence-corrected chi connectivity index (χ2v) is 3.59. The van der Waals surface area contributed by atoms with Crippen LogP contribution in [-0.2, 0) is 0 Å². The Morgan fingerprint density at radius 3 is 2.12 bits per heavy atom. The third kappa shape index (κ3) is 4.88. The lowest BCUT2D eigenvalue weighted by molar-refractivity contribution is 0.556. The van der Waals surface area contributed by atoms with Crippen molar-refractivity contribution in [2.75, 3.05) is 6.54 Å². The smallest absolute Gasteiger partial charge is 0.126 e. The van der Waals surface area contributed by atoms with Crippen LogP contribution in [0.5, 0.6) is 0 Å². The fourth-order valence-corrected chi connectivity index (χ4v) is 1.46. The van der Waals surface area contributed by atoms with Crippen LogP contribution in [0.15, 0.2) is 18.2 Å². The summed E-state index contributed by atoms with van der Waals surface area (Å²) in [6.07, 6.45) is 2.45. The van der Waals surface area contributed by atoms with E-state index in [1.807, 2.05) is 0 Å². The topological polar surface area (TPSA) is 52.0 Å². The van der Waals surface area contributed by atoms with Gasteiger partial charge in [0.25, 0.3) is 0 Å². The Labute approximate surface area is 100 Å². The van der Waals surface area contributed by atoms with E-state index in [0.29, 0.717) is 18.5 Å². The van der Waals surface area contributed by atoms with Gasteiger partial charge in [-0.05, 0) is 37.1 Å². The van der Waals surface area contributed by atoms with Gasteiger partial charge < -0.3 is 11.5 Å². The predicted molar refractivity (Wildman–Crippen MR) is 63.4 cm³/mol. The molecule has 92 valence electrons. The van der Waals surface area contributed by atoms with Gasteiger partial charge >= 0.3 is 0 Å². The van der Waals surface area contributed by atoms with Crippen molar-refractivity contribution < 1.29 is 8.78 Å². The van der Waals surface area contributed by atoms with Crippen molar-refractivity contribution in [3.63, 3.8) is 0 Å². The summed E-state index contributed by atoms with van der Waals surface area (Å²) in [6.45, 7) is 0.615. The molecule has 0 saturated carbocycles. The largest absolute Gasteiger partial charge is 0.330 e. The number of halogens is 3. The fraction of sp³-hybridized carbons (Fsp3) is 0.455. The van der Waals surface area contributed by atoms with E-state index in [-0.39, 0.29) is 18.4 Å². The first-order chi connectivity index (χ1) is 7.13. The van der Waals surface area contributed by atoms with Crippen molar-refractivity contribution in [3.05, 3.63) is 35.4 Å². The monoisotopic (exact) mass is 250 g/mol. The average Bonchev–Trinajstić information content (AvgIpc) is 2.16. The van der Waals surface area contributed by atoms with Crippen molar-refractivity contribution in [2.24, 2.45) is 11.5 Å². The zero-order chi connectivity index (χ0) is 11.3. The summed E-state index contributed by atoms with van der Waals surface area (Å²) in [4.78, 5) is 0. The highest BCUT2D eigenvalue weighted by Crippen LogP contribution is 2.18. The summed E-state index contributed by atoms with van der Waals surface area (Å²) in [5, 5.41) is 0. The number of benzene rings is 1. The number of rotatable bonds is 5. The lowest BCUT2D eigenvalue weighted by Crippen LogP contribution is -2.11. The van der Waals surface area contributed by atoms with Crippen LogP contribution in [0.1, 0.15) is 30.9 Å². The summed E-state index contributed by atoms with van der Waals surface area (Å²) in [7, 11) is 0. The molecule has 4 N–H and O–H groups in total. The molecule has 0 amide bonds. The van der Waals surface area contributed by atoms with Gasteiger partial charge in [-0.25, -0.2) is 8.78 Å². The zero-order valence-corrected chi connectivity index (χ0v) is 9.77. The first-order valence-electron chi connectivity index (χ1n) is 5.05. The Kier molecular flexibility index (Phi) is 7.21. The molecule has 0 aliphatic rings. The van der Waals surface area contributed by atoms with Gasteiger partial charge in [-0.15, -0.1) is 12.4 Å². The van der Waals surface area contributed by atoms with Crippen LogP contribution < -0.4 is 11.5 Å². The molecule has 0 saturated heterocycles. The third-order valence-corrected chi connectivity index (χ3v) is 2.28. The fourth-order valence-electron chi connectivity index (χ4n) is 1.46. The number of unbranched alkanes of at least 4 members (excludes halogenated alkanes) is 1. The molecule has 0 radical (unpaired) electrons. The highest BCUT2D eigenvalue weighted by molar-refractivity contribution is 5.85. The molecule has 0 heterocycles. The third-order valence-electron chi connectivity index (χ3n) is 2.28. The Morgan fingerprint density at radius 2 is 1.62 bits per heavy atom. The molecular formula is C11H17ClF2N2. The summed E-state index contributed by atoms with van der Waals surface area (Å²) < 4.78 is 25.7. The Morgan fingerprint density at radius 1 is 1.06 bits per heavy atom. The van der Waals surface area contributed by atoms with Crippen molar-refractivity contribution >= 4 is 12.4 Å². The summed E-state index contributed by atoms with van der Waals surface area (Å²) in [5.74, 6) is -1.17. The van der Waals surface area contributed by atoms with Gasteiger partial charge in [0.05, 0.1) is 0 Å². The van der Waals surface area contributed by atoms with Crippen LogP contribution >= 0.6 is 12.4 Å². The van der Waals surface area contributed by atoms with E-state index in [1.165, 1.54) is 12.1 Å². The molecule has 5 heteroatoms. The van der Waals surface area contributed by atoms with Crippen molar-refractivity contribution in [1.82, 2.24) is 0 Å².